The molecule has 0 saturated heterocycles. The fraction of sp³-hybridized carbons (Fsp3) is 0.182. The van der Waals surface area contributed by atoms with Crippen LogP contribution < -0.4 is 5.32 Å². The van der Waals surface area contributed by atoms with Crippen molar-refractivity contribution in [3.63, 3.8) is 0 Å². The third-order valence-electron chi connectivity index (χ3n) is 4.51. The van der Waals surface area contributed by atoms with Crippen LogP contribution in [-0.2, 0) is 27.9 Å². The van der Waals surface area contributed by atoms with Crippen molar-refractivity contribution >= 4 is 39.1 Å². The third kappa shape index (κ3) is 6.27. The average molecular weight is 478 g/mol. The number of carbonyl (C=O) groups excluding carboxylic acids is 1. The number of hydrogen-bond donors (Lipinski definition) is 1. The standard InChI is InChI=1S/C22H21Cl2N3O3S/c1-16-5-8-19(9-6-16)31(29,30)27(14-17-7-10-20(23)21(24)12-17)15-22(28)26-13-18-4-2-3-11-25-18/h2-12H,13-15H2,1H3,(H,26,28). The number of nitrogens with one attached hydrogen (secondary N) is 1. The summed E-state index contributed by atoms with van der Waals surface area (Å²) in [4.78, 5) is 16.8. The quantitative estimate of drug-likeness (QED) is 0.526. The predicted molar refractivity (Wildman–Crippen MR) is 121 cm³/mol. The molecule has 1 amide bonds. The topological polar surface area (TPSA) is 79.4 Å². The van der Waals surface area contributed by atoms with Crippen LogP contribution in [0.3, 0.4) is 0 Å². The molecule has 3 rings (SSSR count). The van der Waals surface area contributed by atoms with Crippen LogP contribution >= 0.6 is 23.2 Å². The van der Waals surface area contributed by atoms with Crippen molar-refractivity contribution < 1.29 is 13.2 Å². The third-order valence-corrected chi connectivity index (χ3v) is 7.06. The fourth-order valence-electron chi connectivity index (χ4n) is 2.83. The highest BCUT2D eigenvalue weighted by Gasteiger charge is 2.27. The highest BCUT2D eigenvalue weighted by Crippen LogP contribution is 2.25. The van der Waals surface area contributed by atoms with E-state index in [1.54, 1.807) is 48.7 Å². The van der Waals surface area contributed by atoms with E-state index in [4.69, 9.17) is 23.2 Å². The van der Waals surface area contributed by atoms with E-state index in [2.05, 4.69) is 10.3 Å². The van der Waals surface area contributed by atoms with Gasteiger partial charge in [-0.3, -0.25) is 9.78 Å². The van der Waals surface area contributed by atoms with E-state index < -0.39 is 15.9 Å². The highest BCUT2D eigenvalue weighted by atomic mass is 35.5. The van der Waals surface area contributed by atoms with Crippen molar-refractivity contribution in [1.82, 2.24) is 14.6 Å². The maximum atomic E-state index is 13.3. The molecule has 0 aliphatic carbocycles. The molecule has 3 aromatic rings. The van der Waals surface area contributed by atoms with E-state index in [1.165, 1.54) is 12.1 Å². The van der Waals surface area contributed by atoms with Gasteiger partial charge in [-0.25, -0.2) is 8.42 Å². The summed E-state index contributed by atoms with van der Waals surface area (Å²) in [5.41, 5.74) is 2.22. The fourth-order valence-corrected chi connectivity index (χ4v) is 4.54. The second-order valence-electron chi connectivity index (χ2n) is 6.93. The molecule has 2 aromatic carbocycles. The van der Waals surface area contributed by atoms with Crippen LogP contribution in [0, 0.1) is 6.92 Å². The maximum absolute atomic E-state index is 13.3. The number of rotatable bonds is 8. The number of sulfonamides is 1. The molecule has 9 heteroatoms. The summed E-state index contributed by atoms with van der Waals surface area (Å²) in [6, 6.07) is 16.7. The molecule has 6 nitrogen and oxygen atoms in total. The first-order valence-electron chi connectivity index (χ1n) is 9.43. The zero-order valence-electron chi connectivity index (χ0n) is 16.8. The molecule has 0 unspecified atom stereocenters. The summed E-state index contributed by atoms with van der Waals surface area (Å²) in [5, 5.41) is 3.39. The first-order chi connectivity index (χ1) is 14.8. The zero-order valence-corrected chi connectivity index (χ0v) is 19.1. The Morgan fingerprint density at radius 3 is 2.42 bits per heavy atom. The SMILES string of the molecule is Cc1ccc(S(=O)(=O)N(CC(=O)NCc2ccccn2)Cc2ccc(Cl)c(Cl)c2)cc1. The first-order valence-corrected chi connectivity index (χ1v) is 11.6. The van der Waals surface area contributed by atoms with Crippen LogP contribution in [0.25, 0.3) is 0 Å². The highest BCUT2D eigenvalue weighted by molar-refractivity contribution is 7.89. The molecule has 0 bridgehead atoms. The van der Waals surface area contributed by atoms with E-state index in [0.717, 1.165) is 9.87 Å². The molecule has 1 heterocycles. The Labute approximate surface area is 191 Å². The minimum absolute atomic E-state index is 0.0376. The van der Waals surface area contributed by atoms with Crippen LogP contribution in [0.1, 0.15) is 16.8 Å². The Bertz CT molecular complexity index is 1150. The van der Waals surface area contributed by atoms with E-state index in [0.29, 0.717) is 21.3 Å². The molecular weight excluding hydrogens is 457 g/mol. The van der Waals surface area contributed by atoms with E-state index in [-0.39, 0.29) is 24.5 Å². The predicted octanol–water partition coefficient (Wildman–Crippen LogP) is 4.20. The number of aromatic nitrogens is 1. The van der Waals surface area contributed by atoms with Gasteiger partial charge in [0, 0.05) is 12.7 Å². The number of nitrogens with zero attached hydrogens (tertiary/aromatic N) is 2. The lowest BCUT2D eigenvalue weighted by molar-refractivity contribution is -0.121. The minimum Gasteiger partial charge on any atom is -0.349 e. The monoisotopic (exact) mass is 477 g/mol. The van der Waals surface area contributed by atoms with Crippen molar-refractivity contribution in [3.05, 3.63) is 93.7 Å². The molecular formula is C22H21Cl2N3O3S. The van der Waals surface area contributed by atoms with Crippen molar-refractivity contribution in [3.8, 4) is 0 Å². The minimum atomic E-state index is -3.94. The van der Waals surface area contributed by atoms with Crippen molar-refractivity contribution in [1.29, 1.82) is 0 Å². The van der Waals surface area contributed by atoms with Crippen LogP contribution in [0.5, 0.6) is 0 Å². The second kappa shape index (κ2) is 10.2. The van der Waals surface area contributed by atoms with E-state index in [1.807, 2.05) is 13.0 Å². The molecule has 0 atom stereocenters. The van der Waals surface area contributed by atoms with Crippen LogP contribution in [-0.4, -0.2) is 30.2 Å². The number of pyridine rings is 1. The maximum Gasteiger partial charge on any atom is 0.243 e. The average Bonchev–Trinajstić information content (AvgIpc) is 2.75. The van der Waals surface area contributed by atoms with Crippen LogP contribution in [0.2, 0.25) is 10.0 Å². The van der Waals surface area contributed by atoms with Gasteiger partial charge in [0.15, 0.2) is 0 Å². The molecule has 31 heavy (non-hydrogen) atoms. The van der Waals surface area contributed by atoms with Gasteiger partial charge in [0.2, 0.25) is 15.9 Å². The Morgan fingerprint density at radius 2 is 1.77 bits per heavy atom. The van der Waals surface area contributed by atoms with Gasteiger partial charge in [0.25, 0.3) is 0 Å². The van der Waals surface area contributed by atoms with Gasteiger partial charge in [-0.05, 0) is 48.9 Å². The summed E-state index contributed by atoms with van der Waals surface area (Å²) >= 11 is 12.1. The Hall–Kier alpha value is -2.45. The molecule has 0 aliphatic heterocycles. The summed E-state index contributed by atoms with van der Waals surface area (Å²) in [7, 11) is -3.94. The largest absolute Gasteiger partial charge is 0.349 e. The summed E-state index contributed by atoms with van der Waals surface area (Å²) in [6.45, 7) is 1.67. The number of amides is 1. The van der Waals surface area contributed by atoms with Crippen LogP contribution in [0.15, 0.2) is 71.8 Å². The smallest absolute Gasteiger partial charge is 0.243 e. The van der Waals surface area contributed by atoms with Gasteiger partial charge in [-0.15, -0.1) is 0 Å². The van der Waals surface area contributed by atoms with E-state index >= 15 is 0 Å². The lowest BCUT2D eigenvalue weighted by Crippen LogP contribution is -2.40. The number of halogens is 2. The van der Waals surface area contributed by atoms with Gasteiger partial charge in [-0.1, -0.05) is 53.0 Å². The zero-order chi connectivity index (χ0) is 22.4. The van der Waals surface area contributed by atoms with Gasteiger partial charge in [-0.2, -0.15) is 4.31 Å². The van der Waals surface area contributed by atoms with Gasteiger partial charge in [0.1, 0.15) is 0 Å². The molecule has 0 fully saturated rings. The lowest BCUT2D eigenvalue weighted by Gasteiger charge is -2.22. The van der Waals surface area contributed by atoms with E-state index in [9.17, 15) is 13.2 Å². The number of carbonyl (C=O) groups is 1. The van der Waals surface area contributed by atoms with Gasteiger partial charge >= 0.3 is 0 Å². The molecule has 0 spiro atoms. The van der Waals surface area contributed by atoms with Crippen molar-refractivity contribution in [2.75, 3.05) is 6.54 Å². The summed E-state index contributed by atoms with van der Waals surface area (Å²) in [5.74, 6) is -0.443. The number of aryl methyl sites for hydroxylation is 1. The second-order valence-corrected chi connectivity index (χ2v) is 9.68. The molecule has 0 aliphatic rings. The molecule has 162 valence electrons. The molecule has 1 N–H and O–H groups in total. The Kier molecular flexibility index (Phi) is 7.67. The lowest BCUT2D eigenvalue weighted by atomic mass is 10.2. The Morgan fingerprint density at radius 1 is 1.03 bits per heavy atom. The molecule has 1 aromatic heterocycles. The molecule has 0 saturated carbocycles. The number of benzene rings is 2. The van der Waals surface area contributed by atoms with Crippen LogP contribution in [0.4, 0.5) is 0 Å². The normalized spacial score (nSPS) is 11.5. The molecule has 0 radical (unpaired) electrons. The van der Waals surface area contributed by atoms with Crippen molar-refractivity contribution in [2.24, 2.45) is 0 Å². The number of hydrogen-bond acceptors (Lipinski definition) is 4. The van der Waals surface area contributed by atoms with Gasteiger partial charge < -0.3 is 5.32 Å². The van der Waals surface area contributed by atoms with Crippen molar-refractivity contribution in [2.45, 2.75) is 24.9 Å². The summed E-state index contributed by atoms with van der Waals surface area (Å²) < 4.78 is 27.7. The first kappa shape index (κ1) is 23.2. The summed E-state index contributed by atoms with van der Waals surface area (Å²) in [6.07, 6.45) is 1.62. The van der Waals surface area contributed by atoms with Gasteiger partial charge in [0.05, 0.1) is 33.7 Å². The Balaban J connectivity index is 1.83.